The molecule has 1 radical (unpaired) electrons. The van der Waals surface area contributed by atoms with Crippen molar-refractivity contribution in [3.63, 3.8) is 0 Å². The van der Waals surface area contributed by atoms with Crippen molar-refractivity contribution in [3.05, 3.63) is 28.6 Å². The molecule has 0 fully saturated rings. The summed E-state index contributed by atoms with van der Waals surface area (Å²) in [5.41, 5.74) is 0. The van der Waals surface area contributed by atoms with Crippen LogP contribution in [0.1, 0.15) is 20.3 Å². The molecule has 0 saturated heterocycles. The Morgan fingerprint density at radius 1 is 1.47 bits per heavy atom. The van der Waals surface area contributed by atoms with Crippen LogP contribution in [-0.2, 0) is 32.7 Å². The van der Waals surface area contributed by atoms with Crippen molar-refractivity contribution in [2.45, 2.75) is 20.3 Å². The van der Waals surface area contributed by atoms with Crippen molar-refractivity contribution in [1.82, 2.24) is 0 Å². The Bertz CT molecular complexity index is 362. The van der Waals surface area contributed by atoms with Crippen LogP contribution in [0.2, 0.25) is 0 Å². The van der Waals surface area contributed by atoms with Gasteiger partial charge in [0.25, 0.3) is 0 Å². The zero-order chi connectivity index (χ0) is 11.0. The summed E-state index contributed by atoms with van der Waals surface area (Å²) in [7, 11) is 1.51. The number of rotatable bonds is 1. The number of hydrogen-bond acceptors (Lipinski definition) is 1. The molecule has 0 bridgehead atoms. The number of methoxy groups -OCH3 is 1. The zero-order valence-corrected chi connectivity index (χ0v) is 12.3. The SMILES string of the molecule is C=c1c(OC)c[c-]c/c1=C/F.CCC.[Y]. The largest absolute Gasteiger partial charge is 0.554 e. The van der Waals surface area contributed by atoms with Crippen molar-refractivity contribution in [2.75, 3.05) is 7.11 Å². The van der Waals surface area contributed by atoms with E-state index in [0.717, 1.165) is 0 Å². The van der Waals surface area contributed by atoms with Crippen LogP contribution in [0.25, 0.3) is 12.9 Å². The van der Waals surface area contributed by atoms with Crippen LogP contribution in [0.3, 0.4) is 0 Å². The first kappa shape index (κ1) is 17.2. The predicted molar refractivity (Wildman–Crippen MR) is 58.1 cm³/mol. The fourth-order valence-electron chi connectivity index (χ4n) is 0.803. The molecule has 1 nitrogen and oxygen atoms in total. The van der Waals surface area contributed by atoms with E-state index in [1.54, 1.807) is 6.07 Å². The molecule has 0 aromatic heterocycles. The summed E-state index contributed by atoms with van der Waals surface area (Å²) in [4.78, 5) is 0. The standard InChI is InChI=1S/C9H8FO.C3H8.Y/c1-7-8(6-10)4-3-5-9(7)11-2;1-3-2;/h4-6H,1H2,2H3;3H2,1-2H3;/q-1;;/b8-6-;;. The molecule has 0 atom stereocenters. The van der Waals surface area contributed by atoms with Crippen molar-refractivity contribution in [1.29, 1.82) is 0 Å². The summed E-state index contributed by atoms with van der Waals surface area (Å²) in [6.45, 7) is 7.90. The third-order valence-electron chi connectivity index (χ3n) is 1.44. The summed E-state index contributed by atoms with van der Waals surface area (Å²) >= 11 is 0. The second-order valence-electron chi connectivity index (χ2n) is 2.77. The first-order valence-corrected chi connectivity index (χ1v) is 4.54. The summed E-state index contributed by atoms with van der Waals surface area (Å²) in [6.07, 6.45) is 1.74. The van der Waals surface area contributed by atoms with Crippen LogP contribution in [0.15, 0.2) is 12.1 Å². The van der Waals surface area contributed by atoms with Crippen molar-refractivity contribution in [3.8, 4) is 5.75 Å². The minimum Gasteiger partial charge on any atom is -0.554 e. The number of hydrogen-bond donors (Lipinski definition) is 0. The second kappa shape index (κ2) is 10.3. The summed E-state index contributed by atoms with van der Waals surface area (Å²) in [5, 5.41) is 0.957. The molecule has 15 heavy (non-hydrogen) atoms. The third kappa shape index (κ3) is 6.06. The third-order valence-corrected chi connectivity index (χ3v) is 1.44. The molecule has 0 heterocycles. The van der Waals surface area contributed by atoms with Gasteiger partial charge < -0.3 is 4.74 Å². The molecule has 0 aliphatic heterocycles. The monoisotopic (exact) mass is 284 g/mol. The normalized spacial score (nSPS) is 9.73. The average molecular weight is 284 g/mol. The van der Waals surface area contributed by atoms with E-state index >= 15 is 0 Å². The van der Waals surface area contributed by atoms with E-state index in [4.69, 9.17) is 4.74 Å². The molecule has 0 N–H and O–H groups in total. The maximum Gasteiger partial charge on any atom is 0.0607 e. The zero-order valence-electron chi connectivity index (χ0n) is 9.51. The second-order valence-corrected chi connectivity index (χ2v) is 2.77. The van der Waals surface area contributed by atoms with Gasteiger partial charge in [0.15, 0.2) is 0 Å². The molecule has 1 aromatic rings. The predicted octanol–water partition coefficient (Wildman–Crippen LogP) is 2.03. The van der Waals surface area contributed by atoms with E-state index in [1.165, 1.54) is 19.6 Å². The summed E-state index contributed by atoms with van der Waals surface area (Å²) < 4.78 is 17.0. The Kier molecular flexibility index (Phi) is 11.8. The van der Waals surface area contributed by atoms with Crippen molar-refractivity contribution >= 4 is 12.9 Å². The summed E-state index contributed by atoms with van der Waals surface area (Å²) in [6, 6.07) is 5.88. The molecule has 0 aliphatic rings. The quantitative estimate of drug-likeness (QED) is 0.717. The fourth-order valence-corrected chi connectivity index (χ4v) is 0.803. The van der Waals surface area contributed by atoms with Crippen molar-refractivity contribution in [2.24, 2.45) is 0 Å². The van der Waals surface area contributed by atoms with Gasteiger partial charge in [-0.05, 0) is 0 Å². The van der Waals surface area contributed by atoms with E-state index in [9.17, 15) is 4.39 Å². The van der Waals surface area contributed by atoms with Crippen LogP contribution in [0.5, 0.6) is 5.75 Å². The van der Waals surface area contributed by atoms with Crippen LogP contribution in [0.4, 0.5) is 4.39 Å². The van der Waals surface area contributed by atoms with Crippen LogP contribution in [-0.4, -0.2) is 7.11 Å². The van der Waals surface area contributed by atoms with Gasteiger partial charge in [0.05, 0.1) is 7.11 Å². The molecule has 0 amide bonds. The Morgan fingerprint density at radius 2 is 2.00 bits per heavy atom. The molecule has 81 valence electrons. The molecular weight excluding hydrogens is 268 g/mol. The Balaban J connectivity index is 0. The maximum atomic E-state index is 12.1. The molecule has 1 aromatic carbocycles. The van der Waals surface area contributed by atoms with E-state index in [1.807, 2.05) is 0 Å². The maximum absolute atomic E-state index is 12.1. The summed E-state index contributed by atoms with van der Waals surface area (Å²) in [5.74, 6) is 0.552. The molecule has 0 spiro atoms. The molecule has 0 aliphatic carbocycles. The van der Waals surface area contributed by atoms with Crippen LogP contribution in [0, 0.1) is 6.07 Å². The van der Waals surface area contributed by atoms with Gasteiger partial charge in [0, 0.05) is 44.8 Å². The van der Waals surface area contributed by atoms with E-state index in [2.05, 4.69) is 26.5 Å². The van der Waals surface area contributed by atoms with Crippen LogP contribution < -0.4 is 15.2 Å². The van der Waals surface area contributed by atoms with Crippen molar-refractivity contribution < 1.29 is 41.8 Å². The Labute approximate surface area is 116 Å². The molecule has 1 rings (SSSR count). The van der Waals surface area contributed by atoms with Gasteiger partial charge >= 0.3 is 0 Å². The van der Waals surface area contributed by atoms with Gasteiger partial charge in [-0.25, -0.2) is 4.39 Å². The number of halogens is 1. The molecule has 3 heteroatoms. The van der Waals surface area contributed by atoms with Gasteiger partial charge in [-0.15, -0.1) is 12.6 Å². The topological polar surface area (TPSA) is 9.23 Å². The molecular formula is C12H16FOY-. The average Bonchev–Trinajstić information content (AvgIpc) is 2.19. The van der Waals surface area contributed by atoms with Gasteiger partial charge in [-0.1, -0.05) is 30.7 Å². The van der Waals surface area contributed by atoms with E-state index in [0.29, 0.717) is 22.5 Å². The fraction of sp³-hybridized carbons (Fsp3) is 0.333. The van der Waals surface area contributed by atoms with Gasteiger partial charge in [0.1, 0.15) is 0 Å². The van der Waals surface area contributed by atoms with E-state index < -0.39 is 0 Å². The smallest absolute Gasteiger partial charge is 0.0607 e. The molecule has 0 unspecified atom stereocenters. The minimum absolute atomic E-state index is 0. The number of benzene rings is 1. The first-order chi connectivity index (χ1) is 6.71. The number of ether oxygens (including phenoxy) is 1. The van der Waals surface area contributed by atoms with Crippen LogP contribution >= 0.6 is 0 Å². The van der Waals surface area contributed by atoms with Gasteiger partial charge in [-0.2, -0.15) is 12.1 Å². The Morgan fingerprint density at radius 3 is 2.40 bits per heavy atom. The minimum atomic E-state index is 0. The Hall–Kier alpha value is -0.206. The molecule has 0 saturated carbocycles. The first-order valence-electron chi connectivity index (χ1n) is 4.54. The van der Waals surface area contributed by atoms with E-state index in [-0.39, 0.29) is 32.7 Å². The van der Waals surface area contributed by atoms with Gasteiger partial charge in [-0.3, -0.25) is 0 Å². The van der Waals surface area contributed by atoms with Gasteiger partial charge in [0.2, 0.25) is 0 Å².